The number of aromatic nitrogens is 2. The number of benzene rings is 1. The predicted molar refractivity (Wildman–Crippen MR) is 106 cm³/mol. The fourth-order valence-electron chi connectivity index (χ4n) is 3.73. The SMILES string of the molecule is Cc1nn(Cc2ccccc2)c(C)c1C(=O)N1CCN(CC(C)(C)O)CC1. The van der Waals surface area contributed by atoms with E-state index < -0.39 is 5.60 Å². The zero-order chi connectivity index (χ0) is 19.6. The van der Waals surface area contributed by atoms with E-state index in [1.54, 1.807) is 0 Å². The van der Waals surface area contributed by atoms with Gasteiger partial charge >= 0.3 is 0 Å². The highest BCUT2D eigenvalue weighted by atomic mass is 16.3. The van der Waals surface area contributed by atoms with Crippen molar-refractivity contribution in [3.8, 4) is 0 Å². The molecule has 2 aromatic rings. The van der Waals surface area contributed by atoms with E-state index in [0.717, 1.165) is 30.0 Å². The number of piperazine rings is 1. The maximum atomic E-state index is 13.1. The lowest BCUT2D eigenvalue weighted by atomic mass is 10.1. The second-order valence-corrected chi connectivity index (χ2v) is 8.07. The fourth-order valence-corrected chi connectivity index (χ4v) is 3.73. The molecule has 3 rings (SSSR count). The van der Waals surface area contributed by atoms with Gasteiger partial charge in [0.1, 0.15) is 0 Å². The van der Waals surface area contributed by atoms with Crippen molar-refractivity contribution in [2.45, 2.75) is 39.8 Å². The van der Waals surface area contributed by atoms with Crippen molar-refractivity contribution in [3.05, 3.63) is 52.8 Å². The van der Waals surface area contributed by atoms with Crippen LogP contribution in [0, 0.1) is 13.8 Å². The van der Waals surface area contributed by atoms with Crippen LogP contribution in [-0.4, -0.2) is 68.9 Å². The van der Waals surface area contributed by atoms with Gasteiger partial charge in [-0.15, -0.1) is 0 Å². The van der Waals surface area contributed by atoms with Gasteiger partial charge in [0.25, 0.3) is 5.91 Å². The number of carbonyl (C=O) groups is 1. The van der Waals surface area contributed by atoms with Crippen molar-refractivity contribution in [2.24, 2.45) is 0 Å². The lowest BCUT2D eigenvalue weighted by Gasteiger charge is -2.37. The molecule has 1 N–H and O–H groups in total. The lowest BCUT2D eigenvalue weighted by molar-refractivity contribution is 0.0178. The summed E-state index contributed by atoms with van der Waals surface area (Å²) in [4.78, 5) is 17.2. The second kappa shape index (κ2) is 7.82. The standard InChI is InChI=1S/C21H30N4O2/c1-16-19(17(2)25(22-16)14-18-8-6-5-7-9-18)20(26)24-12-10-23(11-13-24)15-21(3,4)27/h5-9,27H,10-15H2,1-4H3. The number of hydrogen-bond donors (Lipinski definition) is 1. The number of hydrogen-bond acceptors (Lipinski definition) is 4. The smallest absolute Gasteiger partial charge is 0.257 e. The van der Waals surface area contributed by atoms with Crippen LogP contribution in [0.15, 0.2) is 30.3 Å². The topological polar surface area (TPSA) is 61.6 Å². The molecule has 1 aliphatic rings. The van der Waals surface area contributed by atoms with Gasteiger partial charge in [0.05, 0.1) is 23.4 Å². The maximum Gasteiger partial charge on any atom is 0.257 e. The normalized spacial score (nSPS) is 16.0. The Morgan fingerprint density at radius 1 is 1.11 bits per heavy atom. The first-order valence-electron chi connectivity index (χ1n) is 9.56. The highest BCUT2D eigenvalue weighted by Gasteiger charge is 2.28. The first-order chi connectivity index (χ1) is 12.7. The summed E-state index contributed by atoms with van der Waals surface area (Å²) < 4.78 is 1.92. The molecule has 1 fully saturated rings. The van der Waals surface area contributed by atoms with Gasteiger partial charge in [-0.05, 0) is 33.3 Å². The maximum absolute atomic E-state index is 13.1. The molecule has 6 nitrogen and oxygen atoms in total. The van der Waals surface area contributed by atoms with E-state index in [4.69, 9.17) is 0 Å². The molecular weight excluding hydrogens is 340 g/mol. The molecule has 1 aromatic carbocycles. The number of carbonyl (C=O) groups excluding carboxylic acids is 1. The van der Waals surface area contributed by atoms with Crippen LogP contribution in [0.5, 0.6) is 0 Å². The Morgan fingerprint density at radius 3 is 2.33 bits per heavy atom. The van der Waals surface area contributed by atoms with Crippen LogP contribution in [0.25, 0.3) is 0 Å². The molecule has 0 unspecified atom stereocenters. The van der Waals surface area contributed by atoms with Crippen LogP contribution in [0.3, 0.4) is 0 Å². The number of nitrogens with zero attached hydrogens (tertiary/aromatic N) is 4. The Bertz CT molecular complexity index is 785. The summed E-state index contributed by atoms with van der Waals surface area (Å²) >= 11 is 0. The zero-order valence-electron chi connectivity index (χ0n) is 16.8. The third-order valence-corrected chi connectivity index (χ3v) is 5.04. The van der Waals surface area contributed by atoms with Gasteiger partial charge in [-0.3, -0.25) is 14.4 Å². The first-order valence-corrected chi connectivity index (χ1v) is 9.56. The summed E-state index contributed by atoms with van der Waals surface area (Å²) in [5.41, 5.74) is 2.88. The van der Waals surface area contributed by atoms with Gasteiger partial charge in [-0.1, -0.05) is 30.3 Å². The first kappa shape index (κ1) is 19.6. The Balaban J connectivity index is 1.69. The predicted octanol–water partition coefficient (Wildman–Crippen LogP) is 2.08. The molecule has 146 valence electrons. The number of aryl methyl sites for hydroxylation is 1. The van der Waals surface area contributed by atoms with E-state index in [1.165, 1.54) is 5.56 Å². The number of aliphatic hydroxyl groups is 1. The number of β-amino-alcohol motifs (C(OH)–C–C–N with tert-alkyl or cyclic N) is 1. The minimum absolute atomic E-state index is 0.0622. The molecule has 27 heavy (non-hydrogen) atoms. The van der Waals surface area contributed by atoms with Crippen LogP contribution < -0.4 is 0 Å². The Hall–Kier alpha value is -2.18. The Kier molecular flexibility index (Phi) is 5.67. The van der Waals surface area contributed by atoms with Gasteiger partial charge in [0.15, 0.2) is 0 Å². The molecule has 1 saturated heterocycles. The summed E-state index contributed by atoms with van der Waals surface area (Å²) in [7, 11) is 0. The van der Waals surface area contributed by atoms with Crippen LogP contribution >= 0.6 is 0 Å². The molecule has 1 aromatic heterocycles. The minimum Gasteiger partial charge on any atom is -0.389 e. The Labute approximate surface area is 161 Å². The van der Waals surface area contributed by atoms with E-state index in [2.05, 4.69) is 22.1 Å². The van der Waals surface area contributed by atoms with Crippen molar-refractivity contribution >= 4 is 5.91 Å². The average Bonchev–Trinajstić information content (AvgIpc) is 2.88. The minimum atomic E-state index is -0.710. The van der Waals surface area contributed by atoms with Crippen molar-refractivity contribution in [3.63, 3.8) is 0 Å². The molecule has 2 heterocycles. The van der Waals surface area contributed by atoms with Gasteiger partial charge in [0.2, 0.25) is 0 Å². The van der Waals surface area contributed by atoms with E-state index in [1.807, 2.05) is 55.5 Å². The van der Waals surface area contributed by atoms with Crippen molar-refractivity contribution in [1.29, 1.82) is 0 Å². The van der Waals surface area contributed by atoms with E-state index in [9.17, 15) is 9.90 Å². The van der Waals surface area contributed by atoms with Crippen LogP contribution in [0.2, 0.25) is 0 Å². The third kappa shape index (κ3) is 4.76. The average molecular weight is 370 g/mol. The van der Waals surface area contributed by atoms with E-state index >= 15 is 0 Å². The quantitative estimate of drug-likeness (QED) is 0.875. The third-order valence-electron chi connectivity index (χ3n) is 5.04. The van der Waals surface area contributed by atoms with Gasteiger partial charge < -0.3 is 10.0 Å². The van der Waals surface area contributed by atoms with E-state index in [0.29, 0.717) is 26.2 Å². The molecule has 0 bridgehead atoms. The van der Waals surface area contributed by atoms with Gasteiger partial charge in [-0.25, -0.2) is 0 Å². The van der Waals surface area contributed by atoms with Crippen molar-refractivity contribution in [1.82, 2.24) is 19.6 Å². The molecule has 1 aliphatic heterocycles. The lowest BCUT2D eigenvalue weighted by Crippen LogP contribution is -2.52. The van der Waals surface area contributed by atoms with E-state index in [-0.39, 0.29) is 5.91 Å². The summed E-state index contributed by atoms with van der Waals surface area (Å²) in [6, 6.07) is 10.2. The Morgan fingerprint density at radius 2 is 1.74 bits per heavy atom. The van der Waals surface area contributed by atoms with Crippen LogP contribution in [-0.2, 0) is 6.54 Å². The van der Waals surface area contributed by atoms with Crippen LogP contribution in [0.1, 0.15) is 41.2 Å². The summed E-state index contributed by atoms with van der Waals surface area (Å²) in [5.74, 6) is 0.0622. The highest BCUT2D eigenvalue weighted by molar-refractivity contribution is 5.96. The molecule has 0 saturated carbocycles. The summed E-state index contributed by atoms with van der Waals surface area (Å²) in [6.45, 7) is 11.7. The molecule has 0 atom stereocenters. The molecule has 6 heteroatoms. The van der Waals surface area contributed by atoms with Gasteiger partial charge in [0, 0.05) is 38.4 Å². The second-order valence-electron chi connectivity index (χ2n) is 8.07. The number of rotatable bonds is 5. The van der Waals surface area contributed by atoms with Crippen molar-refractivity contribution < 1.29 is 9.90 Å². The summed E-state index contributed by atoms with van der Waals surface area (Å²) in [5, 5.41) is 14.6. The monoisotopic (exact) mass is 370 g/mol. The largest absolute Gasteiger partial charge is 0.389 e. The summed E-state index contributed by atoms with van der Waals surface area (Å²) in [6.07, 6.45) is 0. The molecular formula is C21H30N4O2. The van der Waals surface area contributed by atoms with Gasteiger partial charge in [-0.2, -0.15) is 5.10 Å². The fraction of sp³-hybridized carbons (Fsp3) is 0.524. The van der Waals surface area contributed by atoms with Crippen molar-refractivity contribution in [2.75, 3.05) is 32.7 Å². The number of amides is 1. The zero-order valence-corrected chi connectivity index (χ0v) is 16.8. The molecule has 1 amide bonds. The molecule has 0 aliphatic carbocycles. The van der Waals surface area contributed by atoms with Crippen LogP contribution in [0.4, 0.5) is 0 Å². The molecule has 0 radical (unpaired) electrons. The highest BCUT2D eigenvalue weighted by Crippen LogP contribution is 2.19. The molecule has 0 spiro atoms.